The average molecular weight is 206 g/mol. The second-order valence-electron chi connectivity index (χ2n) is 4.09. The largest absolute Gasteiger partial charge is 0.492 e. The lowest BCUT2D eigenvalue weighted by Crippen LogP contribution is -2.35. The molecule has 14 heavy (non-hydrogen) atoms. The highest BCUT2D eigenvalue weighted by Gasteiger charge is 2.50. The predicted molar refractivity (Wildman–Crippen MR) is 57.9 cm³/mol. The Kier molecular flexibility index (Phi) is 1.75. The molecule has 72 valence electrons. The van der Waals surface area contributed by atoms with E-state index in [1.165, 1.54) is 6.42 Å². The molecule has 0 atom stereocenters. The third-order valence-electron chi connectivity index (χ3n) is 3.29. The first kappa shape index (κ1) is 8.83. The predicted octanol–water partition coefficient (Wildman–Crippen LogP) is 1.07. The number of rotatable bonds is 0. The van der Waals surface area contributed by atoms with Crippen LogP contribution in [-0.4, -0.2) is 12.1 Å². The van der Waals surface area contributed by atoms with Crippen LogP contribution in [0.15, 0.2) is 23.1 Å². The molecule has 1 aromatic carbocycles. The maximum Gasteiger partial charge on any atom is 0.492 e. The van der Waals surface area contributed by atoms with E-state index in [0.29, 0.717) is 0 Å². The van der Waals surface area contributed by atoms with Crippen LogP contribution in [0.2, 0.25) is 0 Å². The van der Waals surface area contributed by atoms with Crippen LogP contribution >= 0.6 is 12.6 Å². The summed E-state index contributed by atoms with van der Waals surface area (Å²) in [7, 11) is -0.752. The first-order valence-corrected chi connectivity index (χ1v) is 5.35. The van der Waals surface area contributed by atoms with E-state index in [-0.39, 0.29) is 5.60 Å². The van der Waals surface area contributed by atoms with Gasteiger partial charge in [0.25, 0.3) is 0 Å². The third-order valence-corrected chi connectivity index (χ3v) is 3.57. The summed E-state index contributed by atoms with van der Waals surface area (Å²) in [6, 6.07) is 5.90. The molecule has 3 rings (SSSR count). The van der Waals surface area contributed by atoms with Gasteiger partial charge in [-0.25, -0.2) is 0 Å². The van der Waals surface area contributed by atoms with E-state index in [4.69, 9.17) is 4.65 Å². The third kappa shape index (κ3) is 1.02. The van der Waals surface area contributed by atoms with Crippen LogP contribution in [0.3, 0.4) is 0 Å². The lowest BCUT2D eigenvalue weighted by molar-refractivity contribution is -0.0152. The van der Waals surface area contributed by atoms with Gasteiger partial charge in [-0.1, -0.05) is 6.07 Å². The van der Waals surface area contributed by atoms with E-state index in [1.54, 1.807) is 0 Å². The van der Waals surface area contributed by atoms with E-state index in [0.717, 1.165) is 28.8 Å². The highest BCUT2D eigenvalue weighted by atomic mass is 32.1. The number of fused-ring (bicyclic) bond motifs is 2. The van der Waals surface area contributed by atoms with E-state index in [1.807, 2.05) is 18.2 Å². The smallest absolute Gasteiger partial charge is 0.423 e. The van der Waals surface area contributed by atoms with Crippen LogP contribution < -0.4 is 5.46 Å². The molecule has 1 saturated carbocycles. The van der Waals surface area contributed by atoms with E-state index in [2.05, 4.69) is 12.6 Å². The van der Waals surface area contributed by atoms with Gasteiger partial charge in [-0.3, -0.25) is 0 Å². The Labute approximate surface area is 88.8 Å². The molecular formula is C10H11BO2S. The number of benzene rings is 1. The minimum Gasteiger partial charge on any atom is -0.423 e. The second-order valence-corrected chi connectivity index (χ2v) is 4.61. The SMILES string of the molecule is OB1OC2(CCC2)c2ccc(S)cc21. The molecule has 1 fully saturated rings. The van der Waals surface area contributed by atoms with Crippen LogP contribution in [0.4, 0.5) is 0 Å². The van der Waals surface area contributed by atoms with Crippen molar-refractivity contribution >= 4 is 25.2 Å². The molecule has 0 radical (unpaired) electrons. The highest BCUT2D eigenvalue weighted by Crippen LogP contribution is 2.47. The lowest BCUT2D eigenvalue weighted by Gasteiger charge is -2.39. The Morgan fingerprint density at radius 3 is 2.86 bits per heavy atom. The summed E-state index contributed by atoms with van der Waals surface area (Å²) < 4.78 is 5.63. The van der Waals surface area contributed by atoms with Crippen molar-refractivity contribution in [1.29, 1.82) is 0 Å². The van der Waals surface area contributed by atoms with Crippen molar-refractivity contribution in [2.45, 2.75) is 29.8 Å². The van der Waals surface area contributed by atoms with Gasteiger partial charge in [-0.05, 0) is 42.4 Å². The molecule has 1 spiro atoms. The zero-order chi connectivity index (χ0) is 9.76. The molecule has 4 heteroatoms. The summed E-state index contributed by atoms with van der Waals surface area (Å²) in [6.07, 6.45) is 3.25. The van der Waals surface area contributed by atoms with Gasteiger partial charge in [0, 0.05) is 4.90 Å². The number of hydrogen-bond donors (Lipinski definition) is 2. The fourth-order valence-electron chi connectivity index (χ4n) is 2.40. The Morgan fingerprint density at radius 2 is 2.21 bits per heavy atom. The molecule has 1 aliphatic carbocycles. The summed E-state index contributed by atoms with van der Waals surface area (Å²) >= 11 is 4.26. The fraction of sp³-hybridized carbons (Fsp3) is 0.400. The van der Waals surface area contributed by atoms with Gasteiger partial charge < -0.3 is 9.68 Å². The zero-order valence-electron chi connectivity index (χ0n) is 7.73. The van der Waals surface area contributed by atoms with Gasteiger partial charge in [0.15, 0.2) is 0 Å². The Hall–Kier alpha value is -0.445. The summed E-state index contributed by atoms with van der Waals surface area (Å²) in [5, 5.41) is 9.75. The van der Waals surface area contributed by atoms with Gasteiger partial charge in [0.05, 0.1) is 5.60 Å². The number of thiol groups is 1. The average Bonchev–Trinajstić information content (AvgIpc) is 2.39. The molecule has 0 unspecified atom stereocenters. The van der Waals surface area contributed by atoms with Crippen LogP contribution in [0.1, 0.15) is 24.8 Å². The lowest BCUT2D eigenvalue weighted by atomic mass is 9.72. The van der Waals surface area contributed by atoms with Crippen molar-refractivity contribution in [2.24, 2.45) is 0 Å². The van der Waals surface area contributed by atoms with Gasteiger partial charge in [0.1, 0.15) is 0 Å². The molecule has 0 saturated heterocycles. The summed E-state index contributed by atoms with van der Waals surface area (Å²) in [4.78, 5) is 0.878. The summed E-state index contributed by atoms with van der Waals surface area (Å²) in [5.74, 6) is 0. The van der Waals surface area contributed by atoms with Crippen LogP contribution in [0.25, 0.3) is 0 Å². The van der Waals surface area contributed by atoms with Crippen molar-refractivity contribution in [3.05, 3.63) is 23.8 Å². The first-order valence-electron chi connectivity index (χ1n) is 4.91. The van der Waals surface area contributed by atoms with Crippen molar-refractivity contribution in [2.75, 3.05) is 0 Å². The van der Waals surface area contributed by atoms with Crippen LogP contribution in [0.5, 0.6) is 0 Å². The standard InChI is InChI=1S/C10H11BO2S/c12-11-9-6-7(14)2-3-8(9)10(13-11)4-1-5-10/h2-3,6,12,14H,1,4-5H2. The summed E-state index contributed by atoms with van der Waals surface area (Å²) in [6.45, 7) is 0. The monoisotopic (exact) mass is 206 g/mol. The molecule has 2 nitrogen and oxygen atoms in total. The molecule has 1 N–H and O–H groups in total. The van der Waals surface area contributed by atoms with E-state index >= 15 is 0 Å². The van der Waals surface area contributed by atoms with E-state index in [9.17, 15) is 5.02 Å². The second kappa shape index (κ2) is 2.78. The zero-order valence-corrected chi connectivity index (χ0v) is 8.63. The molecular weight excluding hydrogens is 195 g/mol. The Bertz CT molecular complexity index is 390. The Balaban J connectivity index is 2.14. The first-order chi connectivity index (χ1) is 6.71. The molecule has 1 aromatic rings. The van der Waals surface area contributed by atoms with Gasteiger partial charge in [-0.15, -0.1) is 12.6 Å². The van der Waals surface area contributed by atoms with E-state index < -0.39 is 7.12 Å². The van der Waals surface area contributed by atoms with Crippen LogP contribution in [0, 0.1) is 0 Å². The highest BCUT2D eigenvalue weighted by molar-refractivity contribution is 7.80. The van der Waals surface area contributed by atoms with Crippen molar-refractivity contribution in [3.8, 4) is 0 Å². The molecule has 0 bridgehead atoms. The normalized spacial score (nSPS) is 22.3. The van der Waals surface area contributed by atoms with Gasteiger partial charge >= 0.3 is 7.12 Å². The topological polar surface area (TPSA) is 29.5 Å². The van der Waals surface area contributed by atoms with Crippen LogP contribution in [-0.2, 0) is 10.3 Å². The molecule has 2 aliphatic rings. The number of hydrogen-bond acceptors (Lipinski definition) is 3. The quantitative estimate of drug-likeness (QED) is 0.491. The summed E-state index contributed by atoms with van der Waals surface area (Å²) in [5.41, 5.74) is 1.89. The maximum atomic E-state index is 9.75. The fourth-order valence-corrected chi connectivity index (χ4v) is 2.61. The van der Waals surface area contributed by atoms with Crippen molar-refractivity contribution in [3.63, 3.8) is 0 Å². The molecule has 1 heterocycles. The maximum absolute atomic E-state index is 9.75. The minimum atomic E-state index is -0.752. The van der Waals surface area contributed by atoms with Crippen molar-refractivity contribution in [1.82, 2.24) is 0 Å². The minimum absolute atomic E-state index is 0.170. The van der Waals surface area contributed by atoms with Crippen molar-refractivity contribution < 1.29 is 9.68 Å². The van der Waals surface area contributed by atoms with Gasteiger partial charge in [-0.2, -0.15) is 0 Å². The Morgan fingerprint density at radius 1 is 1.43 bits per heavy atom. The molecule has 1 aliphatic heterocycles. The molecule has 0 amide bonds. The molecule has 0 aromatic heterocycles. The van der Waals surface area contributed by atoms with Gasteiger partial charge in [0.2, 0.25) is 0 Å².